The van der Waals surface area contributed by atoms with Crippen LogP contribution in [0.1, 0.15) is 13.8 Å². The summed E-state index contributed by atoms with van der Waals surface area (Å²) in [7, 11) is 0. The van der Waals surface area contributed by atoms with Crippen molar-refractivity contribution in [2.45, 2.75) is 13.8 Å². The highest BCUT2D eigenvalue weighted by atomic mass is 16.5. The fourth-order valence-corrected chi connectivity index (χ4v) is 0.328. The molecular formula is C7H11O2. The molecule has 0 amide bonds. The first-order chi connectivity index (χ1) is 4.22. The number of esters is 1. The van der Waals surface area contributed by atoms with Gasteiger partial charge in [0.25, 0.3) is 0 Å². The van der Waals surface area contributed by atoms with Crippen molar-refractivity contribution >= 4 is 5.97 Å². The third-order valence-electron chi connectivity index (χ3n) is 0.904. The first-order valence-electron chi connectivity index (χ1n) is 2.85. The Morgan fingerprint density at radius 2 is 2.33 bits per heavy atom. The van der Waals surface area contributed by atoms with Gasteiger partial charge in [-0.15, -0.1) is 0 Å². The highest BCUT2D eigenvalue weighted by molar-refractivity contribution is 5.87. The molecule has 0 rings (SSSR count). The van der Waals surface area contributed by atoms with E-state index >= 15 is 0 Å². The van der Waals surface area contributed by atoms with E-state index in [4.69, 9.17) is 0 Å². The Hall–Kier alpha value is -0.790. The van der Waals surface area contributed by atoms with Gasteiger partial charge in [0.15, 0.2) is 0 Å². The van der Waals surface area contributed by atoms with Crippen molar-refractivity contribution in [1.29, 1.82) is 0 Å². The normalized spacial score (nSPS) is 11.2. The molecule has 0 saturated heterocycles. The Balaban J connectivity index is 3.74. The summed E-state index contributed by atoms with van der Waals surface area (Å²) in [6, 6.07) is 0. The van der Waals surface area contributed by atoms with Crippen LogP contribution in [0.4, 0.5) is 0 Å². The number of hydrogen-bond donors (Lipinski definition) is 0. The molecule has 0 aliphatic heterocycles. The van der Waals surface area contributed by atoms with E-state index in [1.54, 1.807) is 13.8 Å². The zero-order valence-corrected chi connectivity index (χ0v) is 5.81. The third-order valence-corrected chi connectivity index (χ3v) is 0.904. The molecule has 0 aliphatic carbocycles. The molecule has 0 bridgehead atoms. The van der Waals surface area contributed by atoms with Crippen LogP contribution in [0.3, 0.4) is 0 Å². The topological polar surface area (TPSA) is 26.3 Å². The van der Waals surface area contributed by atoms with Crippen molar-refractivity contribution in [2.24, 2.45) is 0 Å². The quantitative estimate of drug-likeness (QED) is 0.413. The second kappa shape index (κ2) is 4.13. The molecule has 51 valence electrons. The van der Waals surface area contributed by atoms with Gasteiger partial charge in [0.1, 0.15) is 0 Å². The van der Waals surface area contributed by atoms with Crippen LogP contribution < -0.4 is 0 Å². The summed E-state index contributed by atoms with van der Waals surface area (Å²) in [5.74, 6) is -0.285. The first-order valence-corrected chi connectivity index (χ1v) is 2.85. The molecule has 0 spiro atoms. The predicted octanol–water partition coefficient (Wildman–Crippen LogP) is 1.33. The zero-order chi connectivity index (χ0) is 7.28. The molecule has 0 atom stereocenters. The van der Waals surface area contributed by atoms with Crippen molar-refractivity contribution in [3.05, 3.63) is 18.6 Å². The maximum Gasteiger partial charge on any atom is 0.333 e. The molecule has 0 aromatic rings. The average molecular weight is 127 g/mol. The summed E-state index contributed by atoms with van der Waals surface area (Å²) in [5.41, 5.74) is 0.553. The molecule has 0 saturated carbocycles. The minimum atomic E-state index is -0.285. The van der Waals surface area contributed by atoms with Crippen LogP contribution in [0.2, 0.25) is 0 Å². The van der Waals surface area contributed by atoms with Gasteiger partial charge in [0, 0.05) is 5.57 Å². The van der Waals surface area contributed by atoms with Gasteiger partial charge < -0.3 is 4.74 Å². The van der Waals surface area contributed by atoms with E-state index in [0.717, 1.165) is 0 Å². The minimum Gasteiger partial charge on any atom is -0.463 e. The minimum absolute atomic E-state index is 0.285. The van der Waals surface area contributed by atoms with Crippen molar-refractivity contribution in [2.75, 3.05) is 6.61 Å². The second-order valence-electron chi connectivity index (χ2n) is 1.61. The van der Waals surface area contributed by atoms with Crippen LogP contribution in [0, 0.1) is 6.92 Å². The Kier molecular flexibility index (Phi) is 3.76. The zero-order valence-electron chi connectivity index (χ0n) is 5.81. The smallest absolute Gasteiger partial charge is 0.333 e. The Morgan fingerprint density at radius 1 is 1.78 bits per heavy atom. The number of hydrogen-bond acceptors (Lipinski definition) is 2. The van der Waals surface area contributed by atoms with E-state index in [-0.39, 0.29) is 5.97 Å². The Bertz CT molecular complexity index is 125. The fraction of sp³-hybridized carbons (Fsp3) is 0.429. The lowest BCUT2D eigenvalue weighted by atomic mass is 10.3. The highest BCUT2D eigenvalue weighted by Crippen LogP contribution is 1.93. The van der Waals surface area contributed by atoms with Crippen molar-refractivity contribution in [3.63, 3.8) is 0 Å². The summed E-state index contributed by atoms with van der Waals surface area (Å²) in [6.07, 6.45) is 1.48. The van der Waals surface area contributed by atoms with Gasteiger partial charge >= 0.3 is 5.97 Å². The summed E-state index contributed by atoms with van der Waals surface area (Å²) in [4.78, 5) is 10.6. The number of carbonyl (C=O) groups is 1. The molecule has 2 heteroatoms. The number of rotatable bonds is 2. The number of carbonyl (C=O) groups excluding carboxylic acids is 1. The van der Waals surface area contributed by atoms with Gasteiger partial charge in [-0.25, -0.2) is 4.79 Å². The highest BCUT2D eigenvalue weighted by Gasteiger charge is 2.00. The predicted molar refractivity (Wildman–Crippen MR) is 35.7 cm³/mol. The van der Waals surface area contributed by atoms with Crippen molar-refractivity contribution in [3.8, 4) is 0 Å². The van der Waals surface area contributed by atoms with E-state index in [9.17, 15) is 4.79 Å². The molecule has 0 aromatic carbocycles. The number of allylic oxidation sites excluding steroid dienone is 1. The first kappa shape index (κ1) is 8.21. The molecule has 0 N–H and O–H groups in total. The van der Waals surface area contributed by atoms with E-state index in [2.05, 4.69) is 11.7 Å². The summed E-state index contributed by atoms with van der Waals surface area (Å²) >= 11 is 0. The molecular weight excluding hydrogens is 116 g/mol. The van der Waals surface area contributed by atoms with Crippen LogP contribution in [-0.4, -0.2) is 12.6 Å². The van der Waals surface area contributed by atoms with Gasteiger partial charge in [-0.3, -0.25) is 0 Å². The van der Waals surface area contributed by atoms with Gasteiger partial charge in [0.05, 0.1) is 6.61 Å². The van der Waals surface area contributed by atoms with Gasteiger partial charge in [-0.05, 0) is 20.8 Å². The largest absolute Gasteiger partial charge is 0.463 e. The summed E-state index contributed by atoms with van der Waals surface area (Å²) < 4.78 is 4.65. The molecule has 0 aliphatic rings. The van der Waals surface area contributed by atoms with Gasteiger partial charge in [-0.2, -0.15) is 0 Å². The van der Waals surface area contributed by atoms with Gasteiger partial charge in [0.2, 0.25) is 0 Å². The maximum atomic E-state index is 10.6. The average Bonchev–Trinajstić information content (AvgIpc) is 1.87. The van der Waals surface area contributed by atoms with Crippen LogP contribution >= 0.6 is 0 Å². The van der Waals surface area contributed by atoms with E-state index in [0.29, 0.717) is 12.2 Å². The molecule has 0 heterocycles. The molecule has 2 nitrogen and oxygen atoms in total. The van der Waals surface area contributed by atoms with Crippen molar-refractivity contribution in [1.82, 2.24) is 0 Å². The molecule has 0 unspecified atom stereocenters. The summed E-state index contributed by atoms with van der Waals surface area (Å²) in [5, 5.41) is 0. The Labute approximate surface area is 55.5 Å². The lowest BCUT2D eigenvalue weighted by Gasteiger charge is -1.98. The molecule has 1 radical (unpaired) electrons. The van der Waals surface area contributed by atoms with Crippen molar-refractivity contribution < 1.29 is 9.53 Å². The lowest BCUT2D eigenvalue weighted by molar-refractivity contribution is -0.138. The maximum absolute atomic E-state index is 10.6. The third kappa shape index (κ3) is 2.90. The Morgan fingerprint density at radius 3 is 2.67 bits per heavy atom. The summed E-state index contributed by atoms with van der Waals surface area (Å²) in [6.45, 7) is 7.29. The van der Waals surface area contributed by atoms with Gasteiger partial charge in [-0.1, -0.05) is 6.08 Å². The van der Waals surface area contributed by atoms with E-state index < -0.39 is 0 Å². The van der Waals surface area contributed by atoms with E-state index in [1.807, 2.05) is 0 Å². The number of ether oxygens (including phenoxy) is 1. The lowest BCUT2D eigenvalue weighted by Crippen LogP contribution is -2.04. The standard InChI is InChI=1S/C7H11O2/c1-4-6(3)7(8)9-5-2/h4H,1,5H2,2-3H3/b6-4-. The van der Waals surface area contributed by atoms with Crippen LogP contribution in [0.5, 0.6) is 0 Å². The monoisotopic (exact) mass is 127 g/mol. The molecule has 0 aromatic heterocycles. The van der Waals surface area contributed by atoms with Crippen LogP contribution in [0.25, 0.3) is 0 Å². The molecule has 0 fully saturated rings. The molecule has 9 heavy (non-hydrogen) atoms. The van der Waals surface area contributed by atoms with Crippen LogP contribution in [0.15, 0.2) is 11.6 Å². The SMILES string of the molecule is [CH2]/C=C(/C)C(=O)OCC. The van der Waals surface area contributed by atoms with E-state index in [1.165, 1.54) is 6.08 Å². The second-order valence-corrected chi connectivity index (χ2v) is 1.61. The van der Waals surface area contributed by atoms with Crippen LogP contribution in [-0.2, 0) is 9.53 Å². The fourth-order valence-electron chi connectivity index (χ4n) is 0.328.